The zero-order valence-electron chi connectivity index (χ0n) is 14.3. The van der Waals surface area contributed by atoms with Gasteiger partial charge in [-0.1, -0.05) is 24.3 Å². The average Bonchev–Trinajstić information content (AvgIpc) is 3.49. The quantitative estimate of drug-likeness (QED) is 0.341. The molecule has 2 aromatic carbocycles. The minimum atomic E-state index is 0.0401. The highest BCUT2D eigenvalue weighted by Crippen LogP contribution is 2.35. The van der Waals surface area contributed by atoms with Crippen LogP contribution in [0.1, 0.15) is 18.4 Å². The van der Waals surface area contributed by atoms with E-state index >= 15 is 0 Å². The lowest BCUT2D eigenvalue weighted by Crippen LogP contribution is -2.10. The van der Waals surface area contributed by atoms with Crippen molar-refractivity contribution in [3.63, 3.8) is 0 Å². The number of nitrogens with two attached hydrogens (primary N) is 1. The molecule has 6 nitrogen and oxygen atoms in total. The van der Waals surface area contributed by atoms with Crippen LogP contribution >= 0.6 is 0 Å². The number of fused-ring (bicyclic) bond motifs is 1. The van der Waals surface area contributed by atoms with Gasteiger partial charge in [0.2, 0.25) is 0 Å². The van der Waals surface area contributed by atoms with Gasteiger partial charge in [0.05, 0.1) is 5.69 Å². The summed E-state index contributed by atoms with van der Waals surface area (Å²) >= 11 is 0. The standard InChI is InChI=1S/C20H20N6/c21-19(22)14-7-9-16(10-8-14)25-26-18-17-4-2-1-3-15(17)12-24-20(18)23-11-13-5-6-13/h1-4,7-10,12-13H,5-6,11H2,(H3,21,22)(H,23,24)/b26-25+. The highest BCUT2D eigenvalue weighted by Gasteiger charge is 2.21. The summed E-state index contributed by atoms with van der Waals surface area (Å²) in [5.41, 5.74) is 7.61. The Morgan fingerprint density at radius 3 is 2.62 bits per heavy atom. The van der Waals surface area contributed by atoms with Crippen molar-refractivity contribution >= 4 is 33.8 Å². The van der Waals surface area contributed by atoms with Gasteiger partial charge in [-0.15, -0.1) is 5.11 Å². The van der Waals surface area contributed by atoms with Crippen molar-refractivity contribution in [2.24, 2.45) is 21.9 Å². The summed E-state index contributed by atoms with van der Waals surface area (Å²) in [6, 6.07) is 15.2. The van der Waals surface area contributed by atoms with Gasteiger partial charge in [-0.3, -0.25) is 5.41 Å². The maximum absolute atomic E-state index is 7.45. The molecule has 0 spiro atoms. The Kier molecular flexibility index (Phi) is 4.31. The van der Waals surface area contributed by atoms with E-state index < -0.39 is 0 Å². The summed E-state index contributed by atoms with van der Waals surface area (Å²) in [5.74, 6) is 1.55. The van der Waals surface area contributed by atoms with Crippen LogP contribution in [0.2, 0.25) is 0 Å². The first-order chi connectivity index (χ1) is 12.7. The minimum absolute atomic E-state index is 0.0401. The predicted octanol–water partition coefficient (Wildman–Crippen LogP) is 4.76. The van der Waals surface area contributed by atoms with Gasteiger partial charge >= 0.3 is 0 Å². The Hall–Kier alpha value is -3.28. The summed E-state index contributed by atoms with van der Waals surface area (Å²) in [7, 11) is 0. The predicted molar refractivity (Wildman–Crippen MR) is 105 cm³/mol. The molecule has 0 atom stereocenters. The molecule has 130 valence electrons. The number of anilines is 1. The molecule has 6 heteroatoms. The maximum atomic E-state index is 7.45. The van der Waals surface area contributed by atoms with E-state index in [0.717, 1.165) is 34.7 Å². The van der Waals surface area contributed by atoms with Crippen LogP contribution < -0.4 is 11.1 Å². The number of hydrogen-bond acceptors (Lipinski definition) is 5. The van der Waals surface area contributed by atoms with Crippen molar-refractivity contribution in [1.29, 1.82) is 5.41 Å². The highest BCUT2D eigenvalue weighted by molar-refractivity contribution is 5.96. The lowest BCUT2D eigenvalue weighted by Gasteiger charge is -2.09. The first kappa shape index (κ1) is 16.2. The monoisotopic (exact) mass is 344 g/mol. The molecule has 26 heavy (non-hydrogen) atoms. The molecule has 1 aliphatic carbocycles. The normalized spacial score (nSPS) is 14.0. The second-order valence-electron chi connectivity index (χ2n) is 6.53. The molecule has 1 heterocycles. The van der Waals surface area contributed by atoms with Crippen LogP contribution in [-0.2, 0) is 0 Å². The summed E-state index contributed by atoms with van der Waals surface area (Å²) < 4.78 is 0. The Labute approximate surface area is 151 Å². The van der Waals surface area contributed by atoms with Crippen LogP contribution in [0, 0.1) is 11.3 Å². The van der Waals surface area contributed by atoms with Gasteiger partial charge < -0.3 is 11.1 Å². The van der Waals surface area contributed by atoms with E-state index in [-0.39, 0.29) is 5.84 Å². The molecule has 0 bridgehead atoms. The number of nitrogen functional groups attached to an aromatic ring is 1. The van der Waals surface area contributed by atoms with Crippen molar-refractivity contribution in [3.8, 4) is 0 Å². The number of rotatable bonds is 6. The molecule has 4 N–H and O–H groups in total. The zero-order valence-corrected chi connectivity index (χ0v) is 14.3. The van der Waals surface area contributed by atoms with Gasteiger partial charge in [0.1, 0.15) is 11.5 Å². The number of pyridine rings is 1. The molecule has 1 aliphatic rings. The van der Waals surface area contributed by atoms with E-state index in [4.69, 9.17) is 11.1 Å². The SMILES string of the molecule is N=C(N)c1ccc(/N=N/c2c(NCC3CC3)ncc3ccccc23)cc1. The molecule has 1 saturated carbocycles. The van der Waals surface area contributed by atoms with Crippen LogP contribution in [0.15, 0.2) is 65.0 Å². The van der Waals surface area contributed by atoms with Gasteiger partial charge in [0.25, 0.3) is 0 Å². The number of nitrogens with zero attached hydrogens (tertiary/aromatic N) is 3. The Balaban J connectivity index is 1.68. The summed E-state index contributed by atoms with van der Waals surface area (Å²) in [6.07, 6.45) is 4.42. The molecule has 0 aliphatic heterocycles. The van der Waals surface area contributed by atoms with E-state index in [0.29, 0.717) is 11.3 Å². The number of hydrogen-bond donors (Lipinski definition) is 3. The first-order valence-electron chi connectivity index (χ1n) is 8.68. The summed E-state index contributed by atoms with van der Waals surface area (Å²) in [4.78, 5) is 4.55. The third-order valence-electron chi connectivity index (χ3n) is 4.47. The maximum Gasteiger partial charge on any atom is 0.154 e. The molecule has 1 fully saturated rings. The smallest absolute Gasteiger partial charge is 0.154 e. The Morgan fingerprint density at radius 2 is 1.88 bits per heavy atom. The summed E-state index contributed by atoms with van der Waals surface area (Å²) in [6.45, 7) is 0.918. The highest BCUT2D eigenvalue weighted by atomic mass is 15.1. The van der Waals surface area contributed by atoms with Crippen LogP contribution in [0.5, 0.6) is 0 Å². The Morgan fingerprint density at radius 1 is 1.12 bits per heavy atom. The van der Waals surface area contributed by atoms with Gasteiger partial charge in [0, 0.05) is 29.1 Å². The number of azo groups is 1. The van der Waals surface area contributed by atoms with E-state index in [1.807, 2.05) is 30.5 Å². The molecule has 4 rings (SSSR count). The van der Waals surface area contributed by atoms with Crippen molar-refractivity contribution in [1.82, 2.24) is 4.98 Å². The molecule has 0 unspecified atom stereocenters. The largest absolute Gasteiger partial charge is 0.384 e. The fraction of sp³-hybridized carbons (Fsp3) is 0.200. The zero-order chi connectivity index (χ0) is 17.9. The molecule has 0 amide bonds. The molecular weight excluding hydrogens is 324 g/mol. The van der Waals surface area contributed by atoms with E-state index in [2.05, 4.69) is 20.5 Å². The number of aromatic nitrogens is 1. The third kappa shape index (κ3) is 3.54. The molecule has 1 aromatic heterocycles. The second-order valence-corrected chi connectivity index (χ2v) is 6.53. The van der Waals surface area contributed by atoms with Crippen LogP contribution in [0.3, 0.4) is 0 Å². The molecule has 3 aromatic rings. The van der Waals surface area contributed by atoms with Gasteiger partial charge in [-0.05, 0) is 43.0 Å². The van der Waals surface area contributed by atoms with Crippen LogP contribution in [-0.4, -0.2) is 17.4 Å². The van der Waals surface area contributed by atoms with Crippen molar-refractivity contribution in [3.05, 3.63) is 60.3 Å². The van der Waals surface area contributed by atoms with Gasteiger partial charge in [-0.25, -0.2) is 4.98 Å². The third-order valence-corrected chi connectivity index (χ3v) is 4.47. The van der Waals surface area contributed by atoms with Crippen molar-refractivity contribution in [2.45, 2.75) is 12.8 Å². The van der Waals surface area contributed by atoms with E-state index in [1.54, 1.807) is 24.3 Å². The molecule has 0 saturated heterocycles. The van der Waals surface area contributed by atoms with Crippen molar-refractivity contribution in [2.75, 3.05) is 11.9 Å². The van der Waals surface area contributed by atoms with Gasteiger partial charge in [-0.2, -0.15) is 5.11 Å². The average molecular weight is 344 g/mol. The molecular formula is C20H20N6. The lowest BCUT2D eigenvalue weighted by atomic mass is 10.1. The number of amidine groups is 1. The van der Waals surface area contributed by atoms with E-state index in [1.165, 1.54) is 12.8 Å². The minimum Gasteiger partial charge on any atom is -0.384 e. The topological polar surface area (TPSA) is 99.5 Å². The van der Waals surface area contributed by atoms with Crippen molar-refractivity contribution < 1.29 is 0 Å². The fourth-order valence-electron chi connectivity index (χ4n) is 2.76. The summed E-state index contributed by atoms with van der Waals surface area (Å²) in [5, 5.41) is 21.8. The van der Waals surface area contributed by atoms with E-state index in [9.17, 15) is 0 Å². The second kappa shape index (κ2) is 6.92. The number of benzene rings is 2. The van der Waals surface area contributed by atoms with Crippen LogP contribution in [0.4, 0.5) is 17.2 Å². The first-order valence-corrected chi connectivity index (χ1v) is 8.68. The lowest BCUT2D eigenvalue weighted by molar-refractivity contribution is 0.883. The fourth-order valence-corrected chi connectivity index (χ4v) is 2.76. The van der Waals surface area contributed by atoms with Crippen LogP contribution in [0.25, 0.3) is 10.8 Å². The molecule has 0 radical (unpaired) electrons. The number of nitrogens with one attached hydrogen (secondary N) is 2. The van der Waals surface area contributed by atoms with Gasteiger partial charge in [0.15, 0.2) is 5.82 Å². The Bertz CT molecular complexity index is 973.